The molecule has 0 heterocycles. The Labute approximate surface area is 86.8 Å². The minimum Gasteiger partial charge on any atom is -0.391 e. The van der Waals surface area contributed by atoms with Gasteiger partial charge in [-0.3, -0.25) is 0 Å². The lowest BCUT2D eigenvalue weighted by Gasteiger charge is -2.31. The first kappa shape index (κ1) is 12.0. The van der Waals surface area contributed by atoms with Crippen molar-refractivity contribution in [1.29, 1.82) is 0 Å². The van der Waals surface area contributed by atoms with Crippen molar-refractivity contribution >= 4 is 0 Å². The molecule has 3 atom stereocenters. The van der Waals surface area contributed by atoms with Crippen molar-refractivity contribution in [2.75, 3.05) is 13.7 Å². The zero-order chi connectivity index (χ0) is 10.4. The van der Waals surface area contributed by atoms with E-state index in [-0.39, 0.29) is 6.10 Å². The second kappa shape index (κ2) is 6.38. The molecule has 0 aliphatic heterocycles. The first-order valence-electron chi connectivity index (χ1n) is 5.74. The molecule has 0 bridgehead atoms. The van der Waals surface area contributed by atoms with Crippen molar-refractivity contribution in [2.45, 2.75) is 57.3 Å². The molecule has 3 nitrogen and oxygen atoms in total. The van der Waals surface area contributed by atoms with Gasteiger partial charge in [0.25, 0.3) is 0 Å². The molecule has 0 spiro atoms. The summed E-state index contributed by atoms with van der Waals surface area (Å²) in [4.78, 5) is 0. The molecular formula is C11H23NO2. The molecule has 0 radical (unpaired) electrons. The molecule has 1 saturated carbocycles. The molecule has 0 aromatic rings. The third kappa shape index (κ3) is 3.56. The summed E-state index contributed by atoms with van der Waals surface area (Å²) in [5.41, 5.74) is 0. The molecular weight excluding hydrogens is 178 g/mol. The van der Waals surface area contributed by atoms with Crippen LogP contribution in [0.4, 0.5) is 0 Å². The molecule has 1 fully saturated rings. The standard InChI is InChI=1S/C11H23NO2/c1-3-9(13)8-14-11-7-5-4-6-10(11)12-2/h9-13H,3-8H2,1-2H3. The summed E-state index contributed by atoms with van der Waals surface area (Å²) in [5, 5.41) is 12.7. The summed E-state index contributed by atoms with van der Waals surface area (Å²) in [5.74, 6) is 0. The molecule has 1 rings (SSSR count). The van der Waals surface area contributed by atoms with E-state index in [1.807, 2.05) is 14.0 Å². The Balaban J connectivity index is 2.26. The highest BCUT2D eigenvalue weighted by molar-refractivity contribution is 4.80. The molecule has 2 N–H and O–H groups in total. The maximum absolute atomic E-state index is 9.40. The van der Waals surface area contributed by atoms with E-state index in [0.29, 0.717) is 18.8 Å². The van der Waals surface area contributed by atoms with Crippen molar-refractivity contribution in [1.82, 2.24) is 5.32 Å². The van der Waals surface area contributed by atoms with E-state index in [1.54, 1.807) is 0 Å². The van der Waals surface area contributed by atoms with E-state index in [4.69, 9.17) is 4.74 Å². The Morgan fingerprint density at radius 3 is 2.79 bits per heavy atom. The third-order valence-electron chi connectivity index (χ3n) is 3.05. The van der Waals surface area contributed by atoms with Crippen LogP contribution in [0.3, 0.4) is 0 Å². The van der Waals surface area contributed by atoms with Crippen LogP contribution in [0.15, 0.2) is 0 Å². The third-order valence-corrected chi connectivity index (χ3v) is 3.05. The monoisotopic (exact) mass is 201 g/mol. The van der Waals surface area contributed by atoms with Gasteiger partial charge in [-0.25, -0.2) is 0 Å². The summed E-state index contributed by atoms with van der Waals surface area (Å²) in [7, 11) is 1.99. The zero-order valence-electron chi connectivity index (χ0n) is 9.33. The van der Waals surface area contributed by atoms with Gasteiger partial charge < -0.3 is 15.2 Å². The molecule has 0 amide bonds. The van der Waals surface area contributed by atoms with Crippen LogP contribution in [0, 0.1) is 0 Å². The highest BCUT2D eigenvalue weighted by Crippen LogP contribution is 2.21. The quantitative estimate of drug-likeness (QED) is 0.704. The summed E-state index contributed by atoms with van der Waals surface area (Å²) in [6, 6.07) is 0.479. The van der Waals surface area contributed by atoms with Gasteiger partial charge in [-0.05, 0) is 26.3 Å². The maximum Gasteiger partial charge on any atom is 0.0771 e. The Kier molecular flexibility index (Phi) is 5.45. The van der Waals surface area contributed by atoms with Crippen LogP contribution in [-0.4, -0.2) is 37.0 Å². The molecule has 1 aliphatic rings. The molecule has 0 saturated heterocycles. The van der Waals surface area contributed by atoms with E-state index in [2.05, 4.69) is 5.32 Å². The summed E-state index contributed by atoms with van der Waals surface area (Å²) in [6.45, 7) is 2.46. The van der Waals surface area contributed by atoms with E-state index in [9.17, 15) is 5.11 Å². The number of aliphatic hydroxyl groups is 1. The lowest BCUT2D eigenvalue weighted by atomic mass is 9.92. The first-order chi connectivity index (χ1) is 6.77. The summed E-state index contributed by atoms with van der Waals surface area (Å²) < 4.78 is 5.73. The maximum atomic E-state index is 9.40. The van der Waals surface area contributed by atoms with Crippen LogP contribution in [0.25, 0.3) is 0 Å². The van der Waals surface area contributed by atoms with Crippen molar-refractivity contribution < 1.29 is 9.84 Å². The second-order valence-electron chi connectivity index (χ2n) is 4.11. The summed E-state index contributed by atoms with van der Waals surface area (Å²) in [6.07, 6.45) is 5.65. The van der Waals surface area contributed by atoms with Crippen molar-refractivity contribution in [3.63, 3.8) is 0 Å². The Bertz CT molecular complexity index is 152. The van der Waals surface area contributed by atoms with Gasteiger partial charge in [0.2, 0.25) is 0 Å². The number of ether oxygens (including phenoxy) is 1. The number of hydrogen-bond acceptors (Lipinski definition) is 3. The number of hydrogen-bond donors (Lipinski definition) is 2. The van der Waals surface area contributed by atoms with Gasteiger partial charge in [-0.2, -0.15) is 0 Å². The van der Waals surface area contributed by atoms with Gasteiger partial charge in [0.1, 0.15) is 0 Å². The average Bonchev–Trinajstić information content (AvgIpc) is 2.26. The smallest absolute Gasteiger partial charge is 0.0771 e. The summed E-state index contributed by atoms with van der Waals surface area (Å²) >= 11 is 0. The Morgan fingerprint density at radius 2 is 2.14 bits per heavy atom. The molecule has 1 aliphatic carbocycles. The fraction of sp³-hybridized carbons (Fsp3) is 1.00. The lowest BCUT2D eigenvalue weighted by Crippen LogP contribution is -2.42. The van der Waals surface area contributed by atoms with Gasteiger partial charge >= 0.3 is 0 Å². The van der Waals surface area contributed by atoms with Gasteiger partial charge in [0, 0.05) is 6.04 Å². The normalized spacial score (nSPS) is 30.2. The van der Waals surface area contributed by atoms with Crippen molar-refractivity contribution in [3.8, 4) is 0 Å². The van der Waals surface area contributed by atoms with Gasteiger partial charge in [0.15, 0.2) is 0 Å². The van der Waals surface area contributed by atoms with Crippen LogP contribution in [0.1, 0.15) is 39.0 Å². The van der Waals surface area contributed by atoms with Crippen LogP contribution in [0.5, 0.6) is 0 Å². The SMILES string of the molecule is CCC(O)COC1CCCCC1NC. The molecule has 3 unspecified atom stereocenters. The van der Waals surface area contributed by atoms with Gasteiger partial charge in [-0.15, -0.1) is 0 Å². The molecule has 14 heavy (non-hydrogen) atoms. The van der Waals surface area contributed by atoms with Crippen LogP contribution in [-0.2, 0) is 4.74 Å². The molecule has 3 heteroatoms. The van der Waals surface area contributed by atoms with E-state index >= 15 is 0 Å². The second-order valence-corrected chi connectivity index (χ2v) is 4.11. The largest absolute Gasteiger partial charge is 0.391 e. The van der Waals surface area contributed by atoms with E-state index in [0.717, 1.165) is 12.8 Å². The zero-order valence-corrected chi connectivity index (χ0v) is 9.33. The van der Waals surface area contributed by atoms with Crippen molar-refractivity contribution in [2.24, 2.45) is 0 Å². The minimum absolute atomic E-state index is 0.297. The van der Waals surface area contributed by atoms with E-state index in [1.165, 1.54) is 19.3 Å². The van der Waals surface area contributed by atoms with Crippen LogP contribution in [0.2, 0.25) is 0 Å². The number of likely N-dealkylation sites (N-methyl/N-ethyl adjacent to an activating group) is 1. The van der Waals surface area contributed by atoms with Crippen LogP contribution < -0.4 is 5.32 Å². The van der Waals surface area contributed by atoms with Crippen LogP contribution >= 0.6 is 0 Å². The Hall–Kier alpha value is -0.120. The first-order valence-corrected chi connectivity index (χ1v) is 5.74. The Morgan fingerprint density at radius 1 is 1.43 bits per heavy atom. The topological polar surface area (TPSA) is 41.5 Å². The number of rotatable bonds is 5. The fourth-order valence-electron chi connectivity index (χ4n) is 1.98. The number of nitrogens with one attached hydrogen (secondary N) is 1. The number of aliphatic hydroxyl groups excluding tert-OH is 1. The highest BCUT2D eigenvalue weighted by atomic mass is 16.5. The van der Waals surface area contributed by atoms with Gasteiger partial charge in [0.05, 0.1) is 18.8 Å². The molecule has 0 aromatic carbocycles. The predicted molar refractivity (Wildman–Crippen MR) is 57.4 cm³/mol. The lowest BCUT2D eigenvalue weighted by molar-refractivity contribution is -0.0377. The minimum atomic E-state index is -0.297. The highest BCUT2D eigenvalue weighted by Gasteiger charge is 2.24. The van der Waals surface area contributed by atoms with Crippen molar-refractivity contribution in [3.05, 3.63) is 0 Å². The van der Waals surface area contributed by atoms with Gasteiger partial charge in [-0.1, -0.05) is 19.8 Å². The predicted octanol–water partition coefficient (Wildman–Crippen LogP) is 1.30. The molecule has 0 aromatic heterocycles. The van der Waals surface area contributed by atoms with E-state index < -0.39 is 0 Å². The average molecular weight is 201 g/mol. The fourth-order valence-corrected chi connectivity index (χ4v) is 1.98. The molecule has 84 valence electrons.